The molecule has 0 spiro atoms. The van der Waals surface area contributed by atoms with E-state index in [1.807, 2.05) is 45.0 Å². The van der Waals surface area contributed by atoms with Crippen molar-refractivity contribution in [1.82, 2.24) is 40.5 Å². The van der Waals surface area contributed by atoms with E-state index in [1.165, 1.54) is 0 Å². The summed E-state index contributed by atoms with van der Waals surface area (Å²) in [7, 11) is 0. The number of carbonyl (C=O) groups is 4. The maximum Gasteiger partial charge on any atom is 0.410 e. The highest BCUT2D eigenvalue weighted by Crippen LogP contribution is 2.48. The molecule has 0 bridgehead atoms. The van der Waals surface area contributed by atoms with Crippen molar-refractivity contribution in [3.05, 3.63) is 70.3 Å². The third-order valence-electron chi connectivity index (χ3n) is 11.2. The van der Waals surface area contributed by atoms with Crippen LogP contribution in [0.1, 0.15) is 87.4 Å². The number of alkyl halides is 3. The number of ether oxygens (including phenoxy) is 1. The molecule has 58 heavy (non-hydrogen) atoms. The van der Waals surface area contributed by atoms with Gasteiger partial charge in [0.25, 0.3) is 5.91 Å². The second-order valence-corrected chi connectivity index (χ2v) is 17.4. The number of likely N-dealkylation sites (tertiary alicyclic amines) is 1. The Morgan fingerprint density at radius 3 is 2.16 bits per heavy atom. The van der Waals surface area contributed by atoms with Crippen LogP contribution in [0.2, 0.25) is 5.02 Å². The molecule has 3 aliphatic rings. The molecule has 6 rings (SSSR count). The minimum Gasteiger partial charge on any atom is -0.444 e. The Kier molecular flexibility index (Phi) is 12.8. The summed E-state index contributed by atoms with van der Waals surface area (Å²) in [5, 5.41) is 11.9. The molecule has 2 aliphatic heterocycles. The van der Waals surface area contributed by atoms with Crippen molar-refractivity contribution in [3.8, 4) is 11.1 Å². The van der Waals surface area contributed by atoms with Crippen LogP contribution in [-0.2, 0) is 26.3 Å². The minimum absolute atomic E-state index is 0.00672. The number of nitrogens with zero attached hydrogens (tertiary/aromatic N) is 5. The monoisotopic (exact) mass is 828 g/mol. The second-order valence-electron chi connectivity index (χ2n) is 17.0. The summed E-state index contributed by atoms with van der Waals surface area (Å²) in [5.41, 5.74) is 0.154. The Labute approximate surface area is 341 Å². The van der Waals surface area contributed by atoms with E-state index < -0.39 is 23.1 Å². The maximum atomic E-state index is 13.3. The minimum atomic E-state index is -4.52. The number of piperidine rings is 1. The van der Waals surface area contributed by atoms with Crippen molar-refractivity contribution >= 4 is 35.4 Å². The molecule has 2 aromatic carbocycles. The largest absolute Gasteiger partial charge is 0.444 e. The Morgan fingerprint density at radius 2 is 1.53 bits per heavy atom. The van der Waals surface area contributed by atoms with E-state index in [2.05, 4.69) is 30.7 Å². The number of carbonyl (C=O) groups excluding carboxylic acids is 4. The first-order chi connectivity index (χ1) is 27.3. The Bertz CT molecular complexity index is 1970. The molecule has 3 aromatic rings. The SMILES string of the molecule is CC(C)(C)OC(=O)N1CCN(CC2CCN(C(=O)CNC(=O)c3ccc(-c4ccc([C@H]5C[C@@H]5C(=O)NCc5nc(C(C)(C)C(F)(F)F)n[nH]5)cc4)cc3Cl)CC2)CC1. The molecule has 314 valence electrons. The molecule has 4 amide bonds. The zero-order chi connectivity index (χ0) is 42.0. The molecule has 0 radical (unpaired) electrons. The van der Waals surface area contributed by atoms with E-state index in [1.54, 1.807) is 28.0 Å². The van der Waals surface area contributed by atoms with Crippen LogP contribution in [0.4, 0.5) is 18.0 Å². The number of halogens is 4. The summed E-state index contributed by atoms with van der Waals surface area (Å²) in [4.78, 5) is 61.1. The van der Waals surface area contributed by atoms with Crippen molar-refractivity contribution in [2.45, 2.75) is 83.5 Å². The van der Waals surface area contributed by atoms with Gasteiger partial charge in [0.05, 0.1) is 23.7 Å². The molecule has 1 aromatic heterocycles. The van der Waals surface area contributed by atoms with E-state index in [9.17, 15) is 32.3 Å². The molecule has 3 heterocycles. The molecule has 1 aliphatic carbocycles. The fraction of sp³-hybridized carbons (Fsp3) is 0.561. The zero-order valence-corrected chi connectivity index (χ0v) is 34.3. The van der Waals surface area contributed by atoms with E-state index in [-0.39, 0.29) is 65.1 Å². The van der Waals surface area contributed by atoms with E-state index in [4.69, 9.17) is 16.3 Å². The van der Waals surface area contributed by atoms with Crippen LogP contribution in [0.5, 0.6) is 0 Å². The molecular formula is C41H52ClF3N8O5. The summed E-state index contributed by atoms with van der Waals surface area (Å²) in [6.45, 7) is 12.4. The van der Waals surface area contributed by atoms with Crippen LogP contribution < -0.4 is 10.6 Å². The van der Waals surface area contributed by atoms with Crippen LogP contribution in [0.25, 0.3) is 11.1 Å². The normalized spacial score (nSPS) is 19.5. The predicted molar refractivity (Wildman–Crippen MR) is 211 cm³/mol. The second kappa shape index (κ2) is 17.3. The first-order valence-electron chi connectivity index (χ1n) is 19.7. The molecule has 2 atom stereocenters. The summed E-state index contributed by atoms with van der Waals surface area (Å²) in [6, 6.07) is 12.8. The molecule has 13 nitrogen and oxygen atoms in total. The molecular weight excluding hydrogens is 777 g/mol. The van der Waals surface area contributed by atoms with Gasteiger partial charge in [-0.25, -0.2) is 9.78 Å². The summed E-state index contributed by atoms with van der Waals surface area (Å²) in [5.74, 6) is -0.835. The zero-order valence-electron chi connectivity index (χ0n) is 33.5. The highest BCUT2D eigenvalue weighted by molar-refractivity contribution is 6.34. The molecule has 0 unspecified atom stereocenters. The molecule has 1 saturated carbocycles. The third-order valence-corrected chi connectivity index (χ3v) is 11.5. The highest BCUT2D eigenvalue weighted by Gasteiger charge is 2.51. The number of amides is 4. The van der Waals surface area contributed by atoms with Gasteiger partial charge in [-0.3, -0.25) is 24.4 Å². The number of benzene rings is 2. The van der Waals surface area contributed by atoms with Gasteiger partial charge in [-0.1, -0.05) is 41.9 Å². The van der Waals surface area contributed by atoms with Gasteiger partial charge < -0.3 is 25.2 Å². The lowest BCUT2D eigenvalue weighted by atomic mass is 9.92. The van der Waals surface area contributed by atoms with Gasteiger partial charge in [0.1, 0.15) is 16.8 Å². The van der Waals surface area contributed by atoms with Gasteiger partial charge in [-0.05, 0) is 94.5 Å². The van der Waals surface area contributed by atoms with Crippen molar-refractivity contribution in [2.24, 2.45) is 11.8 Å². The third kappa shape index (κ3) is 10.5. The number of hydrogen-bond donors (Lipinski definition) is 3. The van der Waals surface area contributed by atoms with Crippen molar-refractivity contribution in [1.29, 1.82) is 0 Å². The highest BCUT2D eigenvalue weighted by atomic mass is 35.5. The lowest BCUT2D eigenvalue weighted by Crippen LogP contribution is -2.52. The van der Waals surface area contributed by atoms with E-state index in [0.717, 1.165) is 63.0 Å². The summed E-state index contributed by atoms with van der Waals surface area (Å²) in [6.07, 6.45) is -2.40. The average molecular weight is 829 g/mol. The van der Waals surface area contributed by atoms with Crippen LogP contribution in [0.15, 0.2) is 42.5 Å². The van der Waals surface area contributed by atoms with Gasteiger partial charge in [0.15, 0.2) is 5.82 Å². The lowest BCUT2D eigenvalue weighted by molar-refractivity contribution is -0.182. The van der Waals surface area contributed by atoms with Crippen LogP contribution in [0.3, 0.4) is 0 Å². The van der Waals surface area contributed by atoms with Gasteiger partial charge in [-0.2, -0.15) is 18.3 Å². The van der Waals surface area contributed by atoms with Crippen LogP contribution in [-0.4, -0.2) is 118 Å². The van der Waals surface area contributed by atoms with Crippen molar-refractivity contribution < 1.29 is 37.1 Å². The Morgan fingerprint density at radius 1 is 0.879 bits per heavy atom. The number of H-pyrrole nitrogens is 1. The smallest absolute Gasteiger partial charge is 0.410 e. The number of aromatic amines is 1. The standard InChI is InChI=1S/C41H52ClF3N8O5/c1-39(2,3)58-38(57)53-18-16-51(17-19-53)24-25-12-14-52(15-13-25)34(54)23-47-35(55)29-11-10-28(20-32(29)42)26-6-8-27(9-7-26)30-21-31(30)36(56)46-22-33-48-37(50-49-33)40(4,5)41(43,44)45/h6-11,20,25,30-31H,12-19,21-24H2,1-5H3,(H,46,56)(H,47,55)(H,48,49,50)/t30-,31+/m1/s1. The summed E-state index contributed by atoms with van der Waals surface area (Å²) < 4.78 is 45.5. The molecule has 17 heteroatoms. The predicted octanol–water partition coefficient (Wildman–Crippen LogP) is 5.91. The lowest BCUT2D eigenvalue weighted by Gasteiger charge is -2.39. The van der Waals surface area contributed by atoms with Crippen molar-refractivity contribution in [2.75, 3.05) is 52.4 Å². The fourth-order valence-corrected chi connectivity index (χ4v) is 7.54. The van der Waals surface area contributed by atoms with Gasteiger partial charge in [-0.15, -0.1) is 0 Å². The van der Waals surface area contributed by atoms with Gasteiger partial charge in [0, 0.05) is 51.7 Å². The average Bonchev–Trinajstić information content (AvgIpc) is 3.83. The number of piperazine rings is 1. The number of rotatable bonds is 11. The number of aromatic nitrogens is 3. The summed E-state index contributed by atoms with van der Waals surface area (Å²) >= 11 is 6.56. The fourth-order valence-electron chi connectivity index (χ4n) is 7.27. The molecule has 2 saturated heterocycles. The number of hydrogen-bond acceptors (Lipinski definition) is 8. The van der Waals surface area contributed by atoms with E-state index in [0.29, 0.717) is 38.5 Å². The van der Waals surface area contributed by atoms with Crippen LogP contribution in [0, 0.1) is 11.8 Å². The van der Waals surface area contributed by atoms with Gasteiger partial charge in [0.2, 0.25) is 11.8 Å². The quantitative estimate of drug-likeness (QED) is 0.216. The van der Waals surface area contributed by atoms with E-state index >= 15 is 0 Å². The van der Waals surface area contributed by atoms with Crippen LogP contribution >= 0.6 is 11.6 Å². The Hall–Kier alpha value is -4.70. The first kappa shape index (κ1) is 42.9. The van der Waals surface area contributed by atoms with Gasteiger partial charge >= 0.3 is 12.3 Å². The maximum absolute atomic E-state index is 13.3. The molecule has 3 fully saturated rings. The van der Waals surface area contributed by atoms with Crippen molar-refractivity contribution in [3.63, 3.8) is 0 Å². The number of nitrogens with one attached hydrogen (secondary N) is 3. The Balaban J connectivity index is 0.906. The first-order valence-corrected chi connectivity index (χ1v) is 20.1. The topological polar surface area (TPSA) is 153 Å². The molecule has 3 N–H and O–H groups in total.